The molecule has 6 nitrogen and oxygen atoms in total. The van der Waals surface area contributed by atoms with Crippen LogP contribution in [-0.2, 0) is 11.3 Å². The highest BCUT2D eigenvalue weighted by Crippen LogP contribution is 2.27. The van der Waals surface area contributed by atoms with Gasteiger partial charge >= 0.3 is 0 Å². The van der Waals surface area contributed by atoms with Crippen molar-refractivity contribution in [2.24, 2.45) is 0 Å². The van der Waals surface area contributed by atoms with E-state index in [1.165, 1.54) is 12.1 Å². The minimum atomic E-state index is -0.607. The number of amides is 1. The quantitative estimate of drug-likeness (QED) is 0.326. The number of nitrogens with one attached hydrogen (secondary N) is 1. The summed E-state index contributed by atoms with van der Waals surface area (Å²) in [5.74, 6) is -0.839. The molecule has 4 aromatic rings. The van der Waals surface area contributed by atoms with Gasteiger partial charge in [-0.15, -0.1) is 0 Å². The fourth-order valence-electron chi connectivity index (χ4n) is 3.09. The topological polar surface area (TPSA) is 76.9 Å². The molecule has 1 atom stereocenters. The highest BCUT2D eigenvalue weighted by atomic mass is 35.5. The lowest BCUT2D eigenvalue weighted by Gasteiger charge is -2.17. The van der Waals surface area contributed by atoms with Gasteiger partial charge in [0.1, 0.15) is 5.82 Å². The number of anilines is 1. The van der Waals surface area contributed by atoms with E-state index in [0.29, 0.717) is 21.7 Å². The third-order valence-electron chi connectivity index (χ3n) is 4.73. The largest absolute Gasteiger partial charge is 0.324 e. The molecule has 0 saturated carbocycles. The van der Waals surface area contributed by atoms with Crippen LogP contribution >= 0.6 is 23.4 Å². The molecule has 0 spiro atoms. The van der Waals surface area contributed by atoms with Crippen molar-refractivity contribution in [2.45, 2.75) is 23.9 Å². The van der Waals surface area contributed by atoms with E-state index in [4.69, 9.17) is 11.6 Å². The Labute approximate surface area is 192 Å². The lowest BCUT2D eigenvalue weighted by atomic mass is 10.2. The van der Waals surface area contributed by atoms with Crippen molar-refractivity contribution in [1.29, 1.82) is 0 Å². The molecule has 1 amide bonds. The van der Waals surface area contributed by atoms with Crippen LogP contribution in [-0.4, -0.2) is 25.7 Å². The maximum Gasteiger partial charge on any atom is 0.262 e. The van der Waals surface area contributed by atoms with Gasteiger partial charge in [-0.2, -0.15) is 0 Å². The van der Waals surface area contributed by atoms with Gasteiger partial charge in [0.15, 0.2) is 5.16 Å². The first-order valence-electron chi connectivity index (χ1n) is 9.73. The van der Waals surface area contributed by atoms with Gasteiger partial charge in [0.05, 0.1) is 33.4 Å². The van der Waals surface area contributed by atoms with E-state index in [0.717, 1.165) is 23.4 Å². The first-order chi connectivity index (χ1) is 15.4. The molecule has 1 unspecified atom stereocenters. The molecule has 9 heteroatoms. The zero-order chi connectivity index (χ0) is 22.7. The Kier molecular flexibility index (Phi) is 6.53. The number of para-hydroxylation sites is 1. The summed E-state index contributed by atoms with van der Waals surface area (Å²) in [5, 5.41) is 3.10. The number of thioether (sulfide) groups is 1. The molecule has 0 aliphatic carbocycles. The third kappa shape index (κ3) is 4.81. The second-order valence-corrected chi connectivity index (χ2v) is 8.75. The summed E-state index contributed by atoms with van der Waals surface area (Å²) in [7, 11) is 0. The van der Waals surface area contributed by atoms with Crippen LogP contribution in [0, 0.1) is 5.82 Å². The molecule has 2 aromatic carbocycles. The molecular formula is C23H18ClFN4O2S. The number of hydrogen-bond donors (Lipinski definition) is 1. The van der Waals surface area contributed by atoms with Gasteiger partial charge < -0.3 is 5.32 Å². The van der Waals surface area contributed by atoms with E-state index in [9.17, 15) is 14.0 Å². The van der Waals surface area contributed by atoms with Crippen LogP contribution < -0.4 is 10.9 Å². The summed E-state index contributed by atoms with van der Waals surface area (Å²) >= 11 is 7.17. The predicted octanol–water partition coefficient (Wildman–Crippen LogP) is 4.75. The van der Waals surface area contributed by atoms with Crippen LogP contribution in [0.25, 0.3) is 10.9 Å². The molecule has 162 valence electrons. The molecule has 1 N–H and O–H groups in total. The summed E-state index contributed by atoms with van der Waals surface area (Å²) in [4.78, 5) is 34.7. The fraction of sp³-hybridized carbons (Fsp3) is 0.130. The van der Waals surface area contributed by atoms with Gasteiger partial charge in [-0.05, 0) is 48.9 Å². The standard InChI is InChI=1S/C23H18ClFN4O2S/c1-14(21(30)27-20-9-8-16(25)11-18(20)24)32-23-28-19-7-3-2-6-17(19)22(31)29(23)13-15-5-4-10-26-12-15/h2-12,14H,13H2,1H3,(H,27,30). The van der Waals surface area contributed by atoms with Crippen LogP contribution in [0.3, 0.4) is 0 Å². The SMILES string of the molecule is CC(Sc1nc2ccccc2c(=O)n1Cc1cccnc1)C(=O)Nc1ccc(F)cc1Cl. The number of benzene rings is 2. The Morgan fingerprint density at radius 3 is 2.78 bits per heavy atom. The van der Waals surface area contributed by atoms with E-state index in [1.54, 1.807) is 54.2 Å². The molecule has 0 bridgehead atoms. The van der Waals surface area contributed by atoms with Crippen molar-refractivity contribution < 1.29 is 9.18 Å². The molecule has 0 aliphatic heterocycles. The van der Waals surface area contributed by atoms with Crippen LogP contribution in [0.15, 0.2) is 76.9 Å². The maximum atomic E-state index is 13.3. The number of carbonyl (C=O) groups is 1. The van der Waals surface area contributed by atoms with Crippen molar-refractivity contribution >= 4 is 45.9 Å². The molecule has 2 heterocycles. The number of nitrogens with zero attached hydrogens (tertiary/aromatic N) is 3. The van der Waals surface area contributed by atoms with Crippen molar-refractivity contribution in [3.05, 3.63) is 93.7 Å². The average Bonchev–Trinajstić information content (AvgIpc) is 2.79. The Hall–Kier alpha value is -3.23. The number of fused-ring (bicyclic) bond motifs is 1. The Bertz CT molecular complexity index is 1350. The van der Waals surface area contributed by atoms with E-state index >= 15 is 0 Å². The Morgan fingerprint density at radius 2 is 2.03 bits per heavy atom. The lowest BCUT2D eigenvalue weighted by molar-refractivity contribution is -0.115. The number of halogens is 2. The van der Waals surface area contributed by atoms with Crippen LogP contribution in [0.2, 0.25) is 5.02 Å². The van der Waals surface area contributed by atoms with Crippen LogP contribution in [0.1, 0.15) is 12.5 Å². The maximum absolute atomic E-state index is 13.3. The van der Waals surface area contributed by atoms with Gasteiger partial charge in [0, 0.05) is 12.4 Å². The Morgan fingerprint density at radius 1 is 1.22 bits per heavy atom. The summed E-state index contributed by atoms with van der Waals surface area (Å²) in [6.45, 7) is 1.97. The van der Waals surface area contributed by atoms with Crippen molar-refractivity contribution in [2.75, 3.05) is 5.32 Å². The molecule has 2 aromatic heterocycles. The smallest absolute Gasteiger partial charge is 0.262 e. The lowest BCUT2D eigenvalue weighted by Crippen LogP contribution is -2.27. The zero-order valence-electron chi connectivity index (χ0n) is 17.0. The first kappa shape index (κ1) is 22.0. The molecule has 0 fully saturated rings. The number of hydrogen-bond acceptors (Lipinski definition) is 5. The fourth-order valence-corrected chi connectivity index (χ4v) is 4.21. The van der Waals surface area contributed by atoms with Gasteiger partial charge in [-0.25, -0.2) is 9.37 Å². The van der Waals surface area contributed by atoms with Gasteiger partial charge in [-0.3, -0.25) is 19.1 Å². The van der Waals surface area contributed by atoms with Crippen LogP contribution in [0.4, 0.5) is 10.1 Å². The van der Waals surface area contributed by atoms with E-state index < -0.39 is 11.1 Å². The second kappa shape index (κ2) is 9.50. The summed E-state index contributed by atoms with van der Waals surface area (Å²) in [5.41, 5.74) is 1.50. The third-order valence-corrected chi connectivity index (χ3v) is 6.13. The predicted molar refractivity (Wildman–Crippen MR) is 125 cm³/mol. The van der Waals surface area contributed by atoms with Crippen molar-refractivity contribution in [3.63, 3.8) is 0 Å². The molecule has 0 aliphatic rings. The van der Waals surface area contributed by atoms with E-state index in [2.05, 4.69) is 15.3 Å². The highest BCUT2D eigenvalue weighted by molar-refractivity contribution is 8.00. The average molecular weight is 469 g/mol. The molecular weight excluding hydrogens is 451 g/mol. The van der Waals surface area contributed by atoms with E-state index in [-0.39, 0.29) is 23.0 Å². The molecule has 0 radical (unpaired) electrons. The molecule has 0 saturated heterocycles. The molecule has 32 heavy (non-hydrogen) atoms. The number of rotatable bonds is 6. The van der Waals surface area contributed by atoms with Crippen LogP contribution in [0.5, 0.6) is 0 Å². The second-order valence-electron chi connectivity index (χ2n) is 7.04. The normalized spacial score (nSPS) is 12.0. The first-order valence-corrected chi connectivity index (χ1v) is 11.0. The molecule has 4 rings (SSSR count). The highest BCUT2D eigenvalue weighted by Gasteiger charge is 2.20. The van der Waals surface area contributed by atoms with Gasteiger partial charge in [0.25, 0.3) is 5.56 Å². The minimum Gasteiger partial charge on any atom is -0.324 e. The van der Waals surface area contributed by atoms with Crippen molar-refractivity contribution in [3.8, 4) is 0 Å². The number of carbonyl (C=O) groups excluding carboxylic acids is 1. The zero-order valence-corrected chi connectivity index (χ0v) is 18.5. The van der Waals surface area contributed by atoms with E-state index in [1.807, 2.05) is 6.07 Å². The minimum absolute atomic E-state index is 0.105. The summed E-state index contributed by atoms with van der Waals surface area (Å²) in [6, 6.07) is 14.5. The Balaban J connectivity index is 1.65. The van der Waals surface area contributed by atoms with Gasteiger partial charge in [0.2, 0.25) is 5.91 Å². The summed E-state index contributed by atoms with van der Waals surface area (Å²) in [6.07, 6.45) is 3.34. The number of aromatic nitrogens is 3. The van der Waals surface area contributed by atoms with Crippen molar-refractivity contribution in [1.82, 2.24) is 14.5 Å². The van der Waals surface area contributed by atoms with Gasteiger partial charge in [-0.1, -0.05) is 41.6 Å². The monoisotopic (exact) mass is 468 g/mol. The number of pyridine rings is 1. The summed E-state index contributed by atoms with van der Waals surface area (Å²) < 4.78 is 14.8.